The van der Waals surface area contributed by atoms with Gasteiger partial charge < -0.3 is 18.9 Å². The molecule has 0 spiro atoms. The van der Waals surface area contributed by atoms with Crippen LogP contribution >= 0.6 is 24.1 Å². The summed E-state index contributed by atoms with van der Waals surface area (Å²) in [5.41, 5.74) is 0.848. The molecular weight excluding hydrogens is 1120 g/mol. The fraction of sp³-hybridized carbons (Fsp3) is 0.127. The molecule has 0 aliphatic heterocycles. The van der Waals surface area contributed by atoms with Gasteiger partial charge in [-0.2, -0.15) is 16.8 Å². The van der Waals surface area contributed by atoms with Gasteiger partial charge in [-0.15, -0.1) is 8.67 Å². The van der Waals surface area contributed by atoms with Crippen LogP contribution in [-0.4, -0.2) is 56.4 Å². The standard InChI is InChI=1S/C55H44F4O16S4/c1-33-3-4-34(29-49(33)76-74-72-60)27-36-6-25-47(51(31-36)78(62,63)64)70-44-18-10-39(11-19-44)38-8-16-43(17-9-38)69-46-24-5-35(30-50(46)77-75-73-61)28-37-7-26-48(52(32-37)79(65,66)67)71-45-22-14-41(15-23-45)55(53(56)57,54(58)59)40-12-20-42(68-2)21-13-40/h3-26,29-32,53-54,60-61H,27-28H2,1-2H3,(H,62,63,64)(H,65,66,67). The number of halogens is 4. The summed E-state index contributed by atoms with van der Waals surface area (Å²) in [5.74, 6) is 0.651. The molecule has 0 bridgehead atoms. The lowest BCUT2D eigenvalue weighted by Gasteiger charge is -2.33. The summed E-state index contributed by atoms with van der Waals surface area (Å²) < 4.78 is 162. The Bertz CT molecular complexity index is 3620. The highest BCUT2D eigenvalue weighted by Crippen LogP contribution is 2.45. The third kappa shape index (κ3) is 14.1. The van der Waals surface area contributed by atoms with E-state index in [9.17, 15) is 43.5 Å². The summed E-state index contributed by atoms with van der Waals surface area (Å²) in [6, 6.07) is 41.5. The zero-order valence-corrected chi connectivity index (χ0v) is 44.3. The molecule has 24 heteroatoms. The van der Waals surface area contributed by atoms with E-state index in [4.69, 9.17) is 33.8 Å². The molecule has 0 saturated carbocycles. The monoisotopic (exact) mass is 1160 g/mol. The first-order valence-corrected chi connectivity index (χ1v) is 27.4. The zero-order chi connectivity index (χ0) is 56.5. The van der Waals surface area contributed by atoms with Crippen LogP contribution in [0.4, 0.5) is 17.6 Å². The van der Waals surface area contributed by atoms with Crippen molar-refractivity contribution in [2.45, 2.75) is 57.6 Å². The number of ether oxygens (including phenoxy) is 4. The Labute approximate surface area is 458 Å². The topological polar surface area (TPSA) is 223 Å². The first-order valence-electron chi connectivity index (χ1n) is 23.1. The molecule has 0 aliphatic rings. The first kappa shape index (κ1) is 58.1. The number of benzene rings is 8. The fourth-order valence-corrected chi connectivity index (χ4v) is 10.7. The summed E-state index contributed by atoms with van der Waals surface area (Å²) in [6.45, 7) is 1.84. The van der Waals surface area contributed by atoms with E-state index in [-0.39, 0.29) is 46.5 Å². The molecule has 0 radical (unpaired) electrons. The van der Waals surface area contributed by atoms with Crippen LogP contribution in [-0.2, 0) is 57.2 Å². The molecule has 8 aromatic rings. The summed E-state index contributed by atoms with van der Waals surface area (Å²) in [7, 11) is -8.32. The maximum Gasteiger partial charge on any atom is 0.298 e. The van der Waals surface area contributed by atoms with E-state index in [0.717, 1.165) is 76.8 Å². The van der Waals surface area contributed by atoms with Gasteiger partial charge in [0.1, 0.15) is 55.5 Å². The Hall–Kier alpha value is -7.04. The van der Waals surface area contributed by atoms with E-state index in [1.54, 1.807) is 78.9 Å². The van der Waals surface area contributed by atoms with Crippen molar-refractivity contribution in [3.8, 4) is 51.4 Å². The number of hydrogen-bond acceptors (Lipinski definition) is 16. The van der Waals surface area contributed by atoms with Gasteiger partial charge >= 0.3 is 0 Å². The van der Waals surface area contributed by atoms with E-state index in [1.165, 1.54) is 43.5 Å². The van der Waals surface area contributed by atoms with Crippen molar-refractivity contribution in [2.24, 2.45) is 0 Å². The van der Waals surface area contributed by atoms with E-state index in [2.05, 4.69) is 14.4 Å². The average Bonchev–Trinajstić information content (AvgIpc) is 3.62. The third-order valence-corrected chi connectivity index (χ3v) is 15.4. The van der Waals surface area contributed by atoms with Crippen molar-refractivity contribution >= 4 is 44.3 Å². The van der Waals surface area contributed by atoms with Crippen molar-refractivity contribution in [1.82, 2.24) is 0 Å². The molecule has 0 aliphatic carbocycles. The number of methoxy groups -OCH3 is 1. The molecule has 4 N–H and O–H groups in total. The van der Waals surface area contributed by atoms with Gasteiger partial charge in [-0.3, -0.25) is 9.11 Å². The molecule has 0 fully saturated rings. The van der Waals surface area contributed by atoms with Gasteiger partial charge in [-0.25, -0.2) is 28.1 Å². The molecular formula is C55H44F4O16S4. The van der Waals surface area contributed by atoms with Crippen molar-refractivity contribution < 1.29 is 91.7 Å². The lowest BCUT2D eigenvalue weighted by Crippen LogP contribution is -2.43. The molecule has 0 saturated heterocycles. The molecule has 0 aromatic heterocycles. The molecule has 8 aromatic carbocycles. The molecule has 412 valence electrons. The number of alkyl halides is 4. The molecule has 8 rings (SSSR count). The van der Waals surface area contributed by atoms with Crippen LogP contribution in [0.3, 0.4) is 0 Å². The minimum atomic E-state index is -4.94. The SMILES string of the molecule is COc1ccc(C(c2ccc(Oc3ccc(Cc4ccc(Oc5ccc(-c6ccc(Oc7ccc(Cc8ccc(C)c(SOOO)c8)cc7S(=O)(=O)O)cc6)cc5)c(SOOO)c4)cc3S(=O)(=O)O)cc2)(C(F)F)C(F)F)cc1. The minimum absolute atomic E-state index is 0.0721. The minimum Gasteiger partial charge on any atom is -0.497 e. The molecule has 0 amide bonds. The highest BCUT2D eigenvalue weighted by atomic mass is 32.2. The smallest absolute Gasteiger partial charge is 0.298 e. The largest absolute Gasteiger partial charge is 0.497 e. The van der Waals surface area contributed by atoms with Gasteiger partial charge in [0.25, 0.3) is 33.1 Å². The molecule has 79 heavy (non-hydrogen) atoms. The number of aryl methyl sites for hydroxylation is 1. The zero-order valence-electron chi connectivity index (χ0n) is 41.1. The molecule has 0 heterocycles. The van der Waals surface area contributed by atoms with Crippen LogP contribution < -0.4 is 18.9 Å². The van der Waals surface area contributed by atoms with Crippen molar-refractivity contribution in [3.05, 3.63) is 209 Å². The maximum atomic E-state index is 14.7. The quantitative estimate of drug-likeness (QED) is 0.0145. The molecule has 16 nitrogen and oxygen atoms in total. The second kappa shape index (κ2) is 25.4. The second-order valence-corrected chi connectivity index (χ2v) is 21.5. The fourth-order valence-electron chi connectivity index (χ4n) is 8.37. The predicted octanol–water partition coefficient (Wildman–Crippen LogP) is 14.4. The van der Waals surface area contributed by atoms with Gasteiger partial charge in [-0.1, -0.05) is 88.9 Å². The van der Waals surface area contributed by atoms with Gasteiger partial charge in [0.15, 0.2) is 0 Å². The summed E-state index contributed by atoms with van der Waals surface area (Å²) in [6.07, 6.45) is -6.72. The van der Waals surface area contributed by atoms with E-state index in [1.807, 2.05) is 19.1 Å². The van der Waals surface area contributed by atoms with Gasteiger partial charge in [0, 0.05) is 4.90 Å². The highest BCUT2D eigenvalue weighted by Gasteiger charge is 2.51. The van der Waals surface area contributed by atoms with Gasteiger partial charge in [0.2, 0.25) is 0 Å². The van der Waals surface area contributed by atoms with Crippen molar-refractivity contribution in [2.75, 3.05) is 7.11 Å². The van der Waals surface area contributed by atoms with Crippen LogP contribution in [0, 0.1) is 6.92 Å². The first-order chi connectivity index (χ1) is 37.8. The van der Waals surface area contributed by atoms with Crippen molar-refractivity contribution in [1.29, 1.82) is 0 Å². The number of hydrogen-bond donors (Lipinski definition) is 4. The van der Waals surface area contributed by atoms with Crippen LogP contribution in [0.25, 0.3) is 11.1 Å². The second-order valence-electron chi connectivity index (χ2n) is 17.3. The normalized spacial score (nSPS) is 12.0. The van der Waals surface area contributed by atoms with Gasteiger partial charge in [-0.05, 0) is 161 Å². The molecule has 0 unspecified atom stereocenters. The summed E-state index contributed by atoms with van der Waals surface area (Å²) in [5, 5.41) is 25.0. The third-order valence-electron chi connectivity index (χ3n) is 12.3. The van der Waals surface area contributed by atoms with Gasteiger partial charge in [0.05, 0.1) is 36.1 Å². The van der Waals surface area contributed by atoms with Crippen LogP contribution in [0.2, 0.25) is 0 Å². The van der Waals surface area contributed by atoms with Crippen LogP contribution in [0.5, 0.6) is 40.2 Å². The highest BCUT2D eigenvalue weighted by molar-refractivity contribution is 7.94. The Morgan fingerprint density at radius 2 is 0.823 bits per heavy atom. The Morgan fingerprint density at radius 1 is 0.468 bits per heavy atom. The summed E-state index contributed by atoms with van der Waals surface area (Å²) >= 11 is 1.40. The lowest BCUT2D eigenvalue weighted by molar-refractivity contribution is -0.432. The Balaban J connectivity index is 0.936. The lowest BCUT2D eigenvalue weighted by atomic mass is 9.75. The Kier molecular flexibility index (Phi) is 18.7. The maximum absolute atomic E-state index is 14.7. The number of rotatable bonds is 24. The average molecular weight is 1170 g/mol. The van der Waals surface area contributed by atoms with Crippen molar-refractivity contribution in [3.63, 3.8) is 0 Å². The van der Waals surface area contributed by atoms with E-state index in [0.29, 0.717) is 50.7 Å². The molecule has 0 atom stereocenters. The van der Waals surface area contributed by atoms with Crippen LogP contribution in [0.15, 0.2) is 189 Å². The predicted molar refractivity (Wildman–Crippen MR) is 281 cm³/mol. The van der Waals surface area contributed by atoms with Crippen LogP contribution in [0.1, 0.15) is 38.9 Å². The van der Waals surface area contributed by atoms with E-state index < -0.39 is 53.9 Å². The van der Waals surface area contributed by atoms with E-state index >= 15 is 0 Å². The summed E-state index contributed by atoms with van der Waals surface area (Å²) in [4.78, 5) is -0.106. The Morgan fingerprint density at radius 3 is 1.23 bits per heavy atom.